The summed E-state index contributed by atoms with van der Waals surface area (Å²) in [7, 11) is 0. The lowest BCUT2D eigenvalue weighted by Crippen LogP contribution is -2.08. The summed E-state index contributed by atoms with van der Waals surface area (Å²) in [4.78, 5) is 4.07. The number of aromatic nitrogens is 1. The van der Waals surface area contributed by atoms with Gasteiger partial charge in [-0.1, -0.05) is 28.1 Å². The van der Waals surface area contributed by atoms with Gasteiger partial charge in [-0.05, 0) is 6.07 Å². The Balaban J connectivity index is 2.81. The van der Waals surface area contributed by atoms with Gasteiger partial charge in [0.1, 0.15) is 6.04 Å². The number of halogens is 1. The molecule has 1 aromatic carbocycles. The first-order valence-electron chi connectivity index (χ1n) is 4.41. The van der Waals surface area contributed by atoms with Gasteiger partial charge in [0, 0.05) is 33.2 Å². The van der Waals surface area contributed by atoms with E-state index in [1.54, 1.807) is 12.4 Å². The Morgan fingerprint density at radius 3 is 2.93 bits per heavy atom. The van der Waals surface area contributed by atoms with Crippen LogP contribution in [0.3, 0.4) is 0 Å². The Kier molecular flexibility index (Phi) is 2.67. The van der Waals surface area contributed by atoms with E-state index in [-0.39, 0.29) is 0 Å². The first kappa shape index (κ1) is 10.1. The van der Waals surface area contributed by atoms with Crippen molar-refractivity contribution in [2.24, 2.45) is 5.73 Å². The molecule has 0 saturated carbocycles. The molecule has 1 aromatic heterocycles. The van der Waals surface area contributed by atoms with Crippen molar-refractivity contribution in [2.75, 3.05) is 0 Å². The number of hydrogen-bond donors (Lipinski definition) is 1. The van der Waals surface area contributed by atoms with E-state index in [4.69, 9.17) is 11.0 Å². The zero-order chi connectivity index (χ0) is 10.8. The highest BCUT2D eigenvalue weighted by Gasteiger charge is 2.11. The predicted octanol–water partition coefficient (Wildman–Crippen LogP) is 2.52. The molecule has 1 unspecified atom stereocenters. The second-order valence-corrected chi connectivity index (χ2v) is 4.03. The van der Waals surface area contributed by atoms with Crippen LogP contribution in [0.15, 0.2) is 35.1 Å². The molecule has 1 heterocycles. The first-order valence-corrected chi connectivity index (χ1v) is 5.20. The molecule has 3 nitrogen and oxygen atoms in total. The molecular formula is C11H8BrN3. The van der Waals surface area contributed by atoms with Crippen molar-refractivity contribution < 1.29 is 0 Å². The first-order chi connectivity index (χ1) is 7.24. The van der Waals surface area contributed by atoms with E-state index in [9.17, 15) is 0 Å². The van der Waals surface area contributed by atoms with Crippen molar-refractivity contribution in [2.45, 2.75) is 6.04 Å². The molecule has 0 spiro atoms. The third kappa shape index (κ3) is 1.72. The molecule has 0 radical (unpaired) electrons. The normalized spacial score (nSPS) is 12.3. The van der Waals surface area contributed by atoms with Crippen LogP contribution in [0, 0.1) is 11.3 Å². The van der Waals surface area contributed by atoms with E-state index in [1.165, 1.54) is 0 Å². The van der Waals surface area contributed by atoms with Gasteiger partial charge in [-0.25, -0.2) is 0 Å². The van der Waals surface area contributed by atoms with Gasteiger partial charge in [0.05, 0.1) is 6.07 Å². The minimum atomic E-state index is -0.639. The van der Waals surface area contributed by atoms with Gasteiger partial charge in [-0.15, -0.1) is 0 Å². The summed E-state index contributed by atoms with van der Waals surface area (Å²) in [6.07, 6.45) is 3.40. The molecule has 0 aliphatic carbocycles. The van der Waals surface area contributed by atoms with Gasteiger partial charge < -0.3 is 5.73 Å². The lowest BCUT2D eigenvalue weighted by atomic mass is 10.0. The number of fused-ring (bicyclic) bond motifs is 1. The van der Waals surface area contributed by atoms with Crippen molar-refractivity contribution in [3.8, 4) is 6.07 Å². The van der Waals surface area contributed by atoms with Gasteiger partial charge in [0.15, 0.2) is 0 Å². The molecule has 0 saturated heterocycles. The average Bonchev–Trinajstić information content (AvgIpc) is 2.28. The van der Waals surface area contributed by atoms with Crippen molar-refractivity contribution in [1.82, 2.24) is 4.98 Å². The number of nitrogens with two attached hydrogens (primary N) is 1. The topological polar surface area (TPSA) is 62.7 Å². The molecule has 2 rings (SSSR count). The zero-order valence-corrected chi connectivity index (χ0v) is 9.40. The monoisotopic (exact) mass is 261 g/mol. The van der Waals surface area contributed by atoms with Crippen molar-refractivity contribution in [3.63, 3.8) is 0 Å². The number of nitriles is 1. The van der Waals surface area contributed by atoms with Crippen molar-refractivity contribution in [3.05, 3.63) is 40.6 Å². The smallest absolute Gasteiger partial charge is 0.121 e. The zero-order valence-electron chi connectivity index (χ0n) is 7.81. The minimum Gasteiger partial charge on any atom is -0.312 e. The Hall–Kier alpha value is -1.44. The predicted molar refractivity (Wildman–Crippen MR) is 62.0 cm³/mol. The Morgan fingerprint density at radius 1 is 1.40 bits per heavy atom. The molecule has 0 fully saturated rings. The second kappa shape index (κ2) is 3.97. The maximum Gasteiger partial charge on any atom is 0.121 e. The maximum absolute atomic E-state index is 8.82. The molecular weight excluding hydrogens is 254 g/mol. The Labute approximate surface area is 95.7 Å². The summed E-state index contributed by atoms with van der Waals surface area (Å²) in [6, 6.07) is 7.18. The second-order valence-electron chi connectivity index (χ2n) is 3.17. The third-order valence-electron chi connectivity index (χ3n) is 2.24. The molecule has 2 N–H and O–H groups in total. The SMILES string of the molecule is N#CC(N)c1cncc2cccc(Br)c12. The highest BCUT2D eigenvalue weighted by Crippen LogP contribution is 2.28. The third-order valence-corrected chi connectivity index (χ3v) is 2.90. The summed E-state index contributed by atoms with van der Waals surface area (Å²) in [5.74, 6) is 0. The fraction of sp³-hybridized carbons (Fsp3) is 0.0909. The van der Waals surface area contributed by atoms with Crippen molar-refractivity contribution in [1.29, 1.82) is 5.26 Å². The molecule has 74 valence electrons. The van der Waals surface area contributed by atoms with E-state index in [0.717, 1.165) is 20.8 Å². The lowest BCUT2D eigenvalue weighted by molar-refractivity contribution is 0.927. The summed E-state index contributed by atoms with van der Waals surface area (Å²) in [5.41, 5.74) is 6.46. The van der Waals surface area contributed by atoms with Gasteiger partial charge in [0.2, 0.25) is 0 Å². The fourth-order valence-electron chi connectivity index (χ4n) is 1.52. The number of rotatable bonds is 1. The molecule has 0 amide bonds. The summed E-state index contributed by atoms with van der Waals surface area (Å²) in [6.45, 7) is 0. The summed E-state index contributed by atoms with van der Waals surface area (Å²) < 4.78 is 0.933. The van der Waals surface area contributed by atoms with Gasteiger partial charge in [-0.2, -0.15) is 5.26 Å². The van der Waals surface area contributed by atoms with Crippen LogP contribution in [0.2, 0.25) is 0 Å². The summed E-state index contributed by atoms with van der Waals surface area (Å²) >= 11 is 3.45. The van der Waals surface area contributed by atoms with Gasteiger partial charge in [0.25, 0.3) is 0 Å². The number of benzene rings is 1. The van der Waals surface area contributed by atoms with E-state index in [1.807, 2.05) is 24.3 Å². The number of nitrogens with zero attached hydrogens (tertiary/aromatic N) is 2. The molecule has 0 bridgehead atoms. The molecule has 15 heavy (non-hydrogen) atoms. The molecule has 0 aliphatic heterocycles. The van der Waals surface area contributed by atoms with Crippen molar-refractivity contribution >= 4 is 26.7 Å². The number of hydrogen-bond acceptors (Lipinski definition) is 3. The van der Waals surface area contributed by atoms with Crippen LogP contribution in [-0.4, -0.2) is 4.98 Å². The molecule has 4 heteroatoms. The quantitative estimate of drug-likeness (QED) is 0.858. The van der Waals surface area contributed by atoms with Gasteiger partial charge >= 0.3 is 0 Å². The largest absolute Gasteiger partial charge is 0.312 e. The van der Waals surface area contributed by atoms with Crippen LogP contribution in [0.25, 0.3) is 10.8 Å². The lowest BCUT2D eigenvalue weighted by Gasteiger charge is -2.08. The number of pyridine rings is 1. The maximum atomic E-state index is 8.82. The molecule has 0 aliphatic rings. The van der Waals surface area contributed by atoms with Crippen LogP contribution in [-0.2, 0) is 0 Å². The highest BCUT2D eigenvalue weighted by atomic mass is 79.9. The molecule has 2 aromatic rings. The van der Waals surface area contributed by atoms with Crippen LogP contribution in [0.1, 0.15) is 11.6 Å². The van der Waals surface area contributed by atoms with E-state index in [0.29, 0.717) is 0 Å². The highest BCUT2D eigenvalue weighted by molar-refractivity contribution is 9.10. The van der Waals surface area contributed by atoms with E-state index in [2.05, 4.69) is 20.9 Å². The standard InChI is InChI=1S/C11H8BrN3/c12-9-3-1-2-7-5-15-6-8(11(7)9)10(14)4-13/h1-3,5-6,10H,14H2. The van der Waals surface area contributed by atoms with Crippen LogP contribution in [0.5, 0.6) is 0 Å². The Morgan fingerprint density at radius 2 is 2.20 bits per heavy atom. The van der Waals surface area contributed by atoms with Gasteiger partial charge in [-0.3, -0.25) is 4.98 Å². The Bertz CT molecular complexity index is 540. The fourth-order valence-corrected chi connectivity index (χ4v) is 2.13. The van der Waals surface area contributed by atoms with Crippen LogP contribution < -0.4 is 5.73 Å². The average molecular weight is 262 g/mol. The van der Waals surface area contributed by atoms with E-state index >= 15 is 0 Å². The minimum absolute atomic E-state index is 0.639. The van der Waals surface area contributed by atoms with Crippen LogP contribution in [0.4, 0.5) is 0 Å². The summed E-state index contributed by atoms with van der Waals surface area (Å²) in [5, 5.41) is 10.8. The molecule has 1 atom stereocenters. The van der Waals surface area contributed by atoms with Crippen LogP contribution >= 0.6 is 15.9 Å². The van der Waals surface area contributed by atoms with E-state index < -0.39 is 6.04 Å².